The Labute approximate surface area is 170 Å². The number of azide groups is 2. The van der Waals surface area contributed by atoms with Crippen LogP contribution < -0.4 is 9.47 Å². The van der Waals surface area contributed by atoms with Crippen molar-refractivity contribution in [1.82, 2.24) is 0 Å². The van der Waals surface area contributed by atoms with E-state index in [1.54, 1.807) is 6.07 Å². The van der Waals surface area contributed by atoms with E-state index in [0.717, 1.165) is 51.4 Å². The number of benzene rings is 1. The van der Waals surface area contributed by atoms with E-state index in [0.29, 0.717) is 37.8 Å². The second kappa shape index (κ2) is 15.9. The maximum Gasteiger partial charge on any atom is 0.335 e. The van der Waals surface area contributed by atoms with Crippen molar-refractivity contribution in [3.05, 3.63) is 44.6 Å². The standard InChI is InChI=1S/C19H28N6O4/c20-24-22-9-5-1-3-7-11-28-17-13-16(19(26)27)14-18(15-17)29-12-8-4-2-6-10-23-25-21/h13-15H,1-12H2,(H,26,27). The maximum absolute atomic E-state index is 11.3. The Hall–Kier alpha value is -3.09. The molecule has 0 saturated heterocycles. The predicted octanol–water partition coefficient (Wildman–Crippen LogP) is 5.88. The molecule has 0 aromatic heterocycles. The number of nitrogens with zero attached hydrogens (tertiary/aromatic N) is 6. The van der Waals surface area contributed by atoms with Crippen molar-refractivity contribution < 1.29 is 19.4 Å². The monoisotopic (exact) mass is 404 g/mol. The molecule has 1 rings (SSSR count). The Kier molecular flexibility index (Phi) is 13.1. The Bertz CT molecular complexity index is 664. The van der Waals surface area contributed by atoms with E-state index in [9.17, 15) is 9.90 Å². The molecular weight excluding hydrogens is 376 g/mol. The van der Waals surface area contributed by atoms with Crippen LogP contribution in [0, 0.1) is 0 Å². The quantitative estimate of drug-likeness (QED) is 0.149. The Morgan fingerprint density at radius 1 is 0.793 bits per heavy atom. The van der Waals surface area contributed by atoms with Gasteiger partial charge in [0.2, 0.25) is 0 Å². The Balaban J connectivity index is 2.37. The van der Waals surface area contributed by atoms with Crippen LogP contribution in [-0.2, 0) is 0 Å². The Morgan fingerprint density at radius 2 is 1.24 bits per heavy atom. The molecule has 0 atom stereocenters. The summed E-state index contributed by atoms with van der Waals surface area (Å²) in [5.74, 6) is -0.0805. The van der Waals surface area contributed by atoms with Crippen LogP contribution in [0.4, 0.5) is 0 Å². The summed E-state index contributed by atoms with van der Waals surface area (Å²) < 4.78 is 11.4. The molecule has 0 unspecified atom stereocenters. The molecule has 1 N–H and O–H groups in total. The molecule has 0 bridgehead atoms. The fourth-order valence-corrected chi connectivity index (χ4v) is 2.61. The van der Waals surface area contributed by atoms with Crippen LogP contribution in [0.1, 0.15) is 61.7 Å². The second-order valence-corrected chi connectivity index (χ2v) is 6.43. The molecule has 1 aromatic carbocycles. The van der Waals surface area contributed by atoms with Crippen LogP contribution in [0.15, 0.2) is 28.4 Å². The smallest absolute Gasteiger partial charge is 0.335 e. The highest BCUT2D eigenvalue weighted by atomic mass is 16.5. The van der Waals surface area contributed by atoms with Gasteiger partial charge in [-0.25, -0.2) is 4.79 Å². The number of carboxylic acid groups (broad SMARTS) is 1. The third-order valence-electron chi connectivity index (χ3n) is 4.10. The molecule has 0 radical (unpaired) electrons. The molecule has 158 valence electrons. The third kappa shape index (κ3) is 12.1. The summed E-state index contributed by atoms with van der Waals surface area (Å²) in [6.07, 6.45) is 7.16. The number of rotatable bonds is 17. The van der Waals surface area contributed by atoms with Crippen LogP contribution in [0.2, 0.25) is 0 Å². The number of aromatic carboxylic acids is 1. The summed E-state index contributed by atoms with van der Waals surface area (Å²) in [7, 11) is 0. The third-order valence-corrected chi connectivity index (χ3v) is 4.10. The van der Waals surface area contributed by atoms with E-state index < -0.39 is 5.97 Å². The molecule has 0 aliphatic rings. The minimum Gasteiger partial charge on any atom is -0.493 e. The van der Waals surface area contributed by atoms with Gasteiger partial charge in [-0.1, -0.05) is 35.9 Å². The van der Waals surface area contributed by atoms with Crippen LogP contribution >= 0.6 is 0 Å². The zero-order valence-corrected chi connectivity index (χ0v) is 16.6. The molecule has 29 heavy (non-hydrogen) atoms. The topological polar surface area (TPSA) is 153 Å². The first-order valence-corrected chi connectivity index (χ1v) is 9.83. The predicted molar refractivity (Wildman–Crippen MR) is 109 cm³/mol. The van der Waals surface area contributed by atoms with Gasteiger partial charge in [-0.15, -0.1) is 0 Å². The van der Waals surface area contributed by atoms with Crippen molar-refractivity contribution in [1.29, 1.82) is 0 Å². The van der Waals surface area contributed by atoms with Crippen molar-refractivity contribution in [2.75, 3.05) is 26.3 Å². The summed E-state index contributed by atoms with van der Waals surface area (Å²) in [4.78, 5) is 16.8. The van der Waals surface area contributed by atoms with Crippen molar-refractivity contribution in [3.63, 3.8) is 0 Å². The minimum absolute atomic E-state index is 0.126. The SMILES string of the molecule is [N-]=[N+]=NCCCCCCOc1cc(OCCCCCCN=[N+]=[N-])cc(C(=O)O)c1. The lowest BCUT2D eigenvalue weighted by Crippen LogP contribution is -2.03. The molecule has 0 aliphatic heterocycles. The highest BCUT2D eigenvalue weighted by molar-refractivity contribution is 5.88. The van der Waals surface area contributed by atoms with E-state index in [-0.39, 0.29) is 5.56 Å². The van der Waals surface area contributed by atoms with E-state index in [1.165, 1.54) is 12.1 Å². The van der Waals surface area contributed by atoms with Crippen molar-refractivity contribution in [3.8, 4) is 11.5 Å². The largest absolute Gasteiger partial charge is 0.493 e. The van der Waals surface area contributed by atoms with Crippen molar-refractivity contribution >= 4 is 5.97 Å². The Morgan fingerprint density at radius 3 is 1.66 bits per heavy atom. The summed E-state index contributed by atoms with van der Waals surface area (Å²) in [5, 5.41) is 16.3. The van der Waals surface area contributed by atoms with Gasteiger partial charge in [0.15, 0.2) is 0 Å². The lowest BCUT2D eigenvalue weighted by molar-refractivity contribution is 0.0695. The molecule has 0 spiro atoms. The molecule has 10 heteroatoms. The van der Waals surface area contributed by atoms with Crippen molar-refractivity contribution in [2.24, 2.45) is 10.2 Å². The number of ether oxygens (including phenoxy) is 2. The molecule has 0 aliphatic carbocycles. The summed E-state index contributed by atoms with van der Waals surface area (Å²) >= 11 is 0. The molecule has 0 amide bonds. The fourth-order valence-electron chi connectivity index (χ4n) is 2.61. The molecule has 0 heterocycles. The van der Waals surface area contributed by atoms with Gasteiger partial charge in [0.05, 0.1) is 18.8 Å². The summed E-state index contributed by atoms with van der Waals surface area (Å²) in [6, 6.07) is 4.69. The lowest BCUT2D eigenvalue weighted by atomic mass is 10.2. The highest BCUT2D eigenvalue weighted by Gasteiger charge is 2.09. The lowest BCUT2D eigenvalue weighted by Gasteiger charge is -2.11. The van der Waals surface area contributed by atoms with E-state index >= 15 is 0 Å². The highest BCUT2D eigenvalue weighted by Crippen LogP contribution is 2.24. The first-order chi connectivity index (χ1) is 14.2. The van der Waals surface area contributed by atoms with Gasteiger partial charge >= 0.3 is 5.97 Å². The van der Waals surface area contributed by atoms with Crippen molar-refractivity contribution in [2.45, 2.75) is 51.4 Å². The van der Waals surface area contributed by atoms with E-state index in [4.69, 9.17) is 20.5 Å². The first kappa shape index (κ1) is 23.9. The number of unbranched alkanes of at least 4 members (excludes halogenated alkanes) is 6. The molecular formula is C19H28N6O4. The van der Waals surface area contributed by atoms with Gasteiger partial charge in [-0.2, -0.15) is 0 Å². The van der Waals surface area contributed by atoms with Crippen LogP contribution in [-0.4, -0.2) is 37.4 Å². The van der Waals surface area contributed by atoms with Gasteiger partial charge in [0, 0.05) is 29.0 Å². The van der Waals surface area contributed by atoms with Crippen LogP contribution in [0.25, 0.3) is 20.9 Å². The molecule has 0 fully saturated rings. The molecule has 0 saturated carbocycles. The number of hydrogen-bond acceptors (Lipinski definition) is 5. The fraction of sp³-hybridized carbons (Fsp3) is 0.632. The zero-order valence-electron chi connectivity index (χ0n) is 16.6. The van der Waals surface area contributed by atoms with Crippen LogP contribution in [0.5, 0.6) is 11.5 Å². The van der Waals surface area contributed by atoms with Gasteiger partial charge in [0.1, 0.15) is 11.5 Å². The summed E-state index contributed by atoms with van der Waals surface area (Å²) in [5.41, 5.74) is 16.5. The number of carboxylic acids is 1. The maximum atomic E-state index is 11.3. The average molecular weight is 404 g/mol. The molecule has 1 aromatic rings. The minimum atomic E-state index is -1.03. The van der Waals surface area contributed by atoms with Gasteiger partial charge in [0.25, 0.3) is 0 Å². The zero-order chi connectivity index (χ0) is 21.2. The van der Waals surface area contributed by atoms with Gasteiger partial charge in [-0.05, 0) is 48.9 Å². The number of hydrogen-bond donors (Lipinski definition) is 1. The van der Waals surface area contributed by atoms with E-state index in [1.807, 2.05) is 0 Å². The summed E-state index contributed by atoms with van der Waals surface area (Å²) in [6.45, 7) is 1.98. The van der Waals surface area contributed by atoms with Crippen LogP contribution in [0.3, 0.4) is 0 Å². The second-order valence-electron chi connectivity index (χ2n) is 6.43. The number of carbonyl (C=O) groups is 1. The molecule has 10 nitrogen and oxygen atoms in total. The van der Waals surface area contributed by atoms with E-state index in [2.05, 4.69) is 20.1 Å². The van der Waals surface area contributed by atoms with Gasteiger partial charge in [-0.3, -0.25) is 0 Å². The average Bonchev–Trinajstić information content (AvgIpc) is 2.72. The first-order valence-electron chi connectivity index (χ1n) is 9.83. The normalized spacial score (nSPS) is 9.93. The van der Waals surface area contributed by atoms with Gasteiger partial charge < -0.3 is 14.6 Å².